The third-order valence-corrected chi connectivity index (χ3v) is 4.50. The molecule has 0 saturated carbocycles. The SMILES string of the molecule is CCc1ccc(C2CNCCN2C(=O)C2CCCO2)cc1.Cl. The van der Waals surface area contributed by atoms with E-state index in [1.807, 2.05) is 4.90 Å². The van der Waals surface area contributed by atoms with Gasteiger partial charge in [0.2, 0.25) is 0 Å². The fourth-order valence-corrected chi connectivity index (χ4v) is 3.20. The summed E-state index contributed by atoms with van der Waals surface area (Å²) >= 11 is 0. The molecular weight excluding hydrogens is 300 g/mol. The topological polar surface area (TPSA) is 41.6 Å². The van der Waals surface area contributed by atoms with E-state index in [2.05, 4.69) is 36.5 Å². The van der Waals surface area contributed by atoms with Crippen molar-refractivity contribution in [2.45, 2.75) is 38.3 Å². The molecular formula is C17H25ClN2O2. The Labute approximate surface area is 138 Å². The molecule has 2 aliphatic rings. The summed E-state index contributed by atoms with van der Waals surface area (Å²) in [6.45, 7) is 5.33. The van der Waals surface area contributed by atoms with E-state index in [1.54, 1.807) is 0 Å². The molecule has 0 bridgehead atoms. The van der Waals surface area contributed by atoms with Gasteiger partial charge in [-0.05, 0) is 30.4 Å². The zero-order valence-electron chi connectivity index (χ0n) is 13.1. The van der Waals surface area contributed by atoms with Crippen LogP contribution < -0.4 is 5.32 Å². The van der Waals surface area contributed by atoms with Crippen LogP contribution in [0, 0.1) is 0 Å². The van der Waals surface area contributed by atoms with E-state index in [-0.39, 0.29) is 30.5 Å². The molecule has 1 amide bonds. The summed E-state index contributed by atoms with van der Waals surface area (Å²) in [6.07, 6.45) is 2.69. The van der Waals surface area contributed by atoms with Crippen molar-refractivity contribution < 1.29 is 9.53 Å². The lowest BCUT2D eigenvalue weighted by molar-refractivity contribution is -0.144. The fraction of sp³-hybridized carbons (Fsp3) is 0.588. The Morgan fingerprint density at radius 2 is 2.14 bits per heavy atom. The van der Waals surface area contributed by atoms with Gasteiger partial charge in [-0.15, -0.1) is 12.4 Å². The first-order valence-corrected chi connectivity index (χ1v) is 8.01. The number of nitrogens with zero attached hydrogens (tertiary/aromatic N) is 1. The molecule has 0 aliphatic carbocycles. The minimum Gasteiger partial charge on any atom is -0.368 e. The number of ether oxygens (including phenoxy) is 1. The second-order valence-corrected chi connectivity index (χ2v) is 5.85. The number of benzene rings is 1. The number of hydrogen-bond donors (Lipinski definition) is 1. The van der Waals surface area contributed by atoms with E-state index in [0.29, 0.717) is 0 Å². The number of amides is 1. The summed E-state index contributed by atoms with van der Waals surface area (Å²) in [6, 6.07) is 8.77. The van der Waals surface area contributed by atoms with Crippen molar-refractivity contribution in [1.82, 2.24) is 10.2 Å². The molecule has 1 N–H and O–H groups in total. The van der Waals surface area contributed by atoms with Gasteiger partial charge < -0.3 is 15.0 Å². The van der Waals surface area contributed by atoms with E-state index in [9.17, 15) is 4.79 Å². The molecule has 0 spiro atoms. The van der Waals surface area contributed by atoms with Crippen LogP contribution in [0.4, 0.5) is 0 Å². The van der Waals surface area contributed by atoms with Crippen LogP contribution in [0.2, 0.25) is 0 Å². The minimum absolute atomic E-state index is 0. The van der Waals surface area contributed by atoms with Crippen molar-refractivity contribution in [3.63, 3.8) is 0 Å². The quantitative estimate of drug-likeness (QED) is 0.927. The van der Waals surface area contributed by atoms with Crippen LogP contribution in [0.25, 0.3) is 0 Å². The third kappa shape index (κ3) is 3.62. The third-order valence-electron chi connectivity index (χ3n) is 4.50. The van der Waals surface area contributed by atoms with E-state index >= 15 is 0 Å². The van der Waals surface area contributed by atoms with E-state index < -0.39 is 0 Å². The van der Waals surface area contributed by atoms with Gasteiger partial charge in [0.25, 0.3) is 5.91 Å². The smallest absolute Gasteiger partial charge is 0.252 e. The highest BCUT2D eigenvalue weighted by atomic mass is 35.5. The van der Waals surface area contributed by atoms with Crippen LogP contribution in [0.1, 0.15) is 36.9 Å². The summed E-state index contributed by atoms with van der Waals surface area (Å²) in [5.74, 6) is 0.165. The maximum atomic E-state index is 12.7. The van der Waals surface area contributed by atoms with Gasteiger partial charge >= 0.3 is 0 Å². The van der Waals surface area contributed by atoms with Gasteiger partial charge in [0, 0.05) is 26.2 Å². The van der Waals surface area contributed by atoms with Gasteiger partial charge in [-0.1, -0.05) is 31.2 Å². The molecule has 2 fully saturated rings. The van der Waals surface area contributed by atoms with Crippen LogP contribution in [-0.4, -0.2) is 43.2 Å². The molecule has 2 saturated heterocycles. The molecule has 1 aromatic carbocycles. The first-order chi connectivity index (χ1) is 10.3. The molecule has 3 rings (SSSR count). The number of hydrogen-bond acceptors (Lipinski definition) is 3. The largest absolute Gasteiger partial charge is 0.368 e. The molecule has 2 atom stereocenters. The number of nitrogens with one attached hydrogen (secondary N) is 1. The zero-order valence-corrected chi connectivity index (χ0v) is 13.9. The standard InChI is InChI=1S/C17H24N2O2.ClH/c1-2-13-5-7-14(8-6-13)15-12-18-9-10-19(15)17(20)16-4-3-11-21-16;/h5-8,15-16,18H,2-4,9-12H2,1H3;1H. The zero-order chi connectivity index (χ0) is 14.7. The first-order valence-electron chi connectivity index (χ1n) is 8.01. The molecule has 5 heteroatoms. The Hall–Kier alpha value is -1.10. The van der Waals surface area contributed by atoms with Crippen LogP contribution in [0.15, 0.2) is 24.3 Å². The molecule has 22 heavy (non-hydrogen) atoms. The summed E-state index contributed by atoms with van der Waals surface area (Å²) in [5, 5.41) is 3.40. The average molecular weight is 325 g/mol. The lowest BCUT2D eigenvalue weighted by Crippen LogP contribution is -2.51. The van der Waals surface area contributed by atoms with Gasteiger partial charge in [-0.3, -0.25) is 4.79 Å². The van der Waals surface area contributed by atoms with E-state index in [4.69, 9.17) is 4.74 Å². The second kappa shape index (κ2) is 7.95. The normalized spacial score (nSPS) is 24.9. The van der Waals surface area contributed by atoms with Crippen molar-refractivity contribution in [1.29, 1.82) is 0 Å². The number of aryl methyl sites for hydroxylation is 1. The Balaban J connectivity index is 0.00000176. The minimum atomic E-state index is -0.222. The maximum absolute atomic E-state index is 12.7. The highest BCUT2D eigenvalue weighted by Gasteiger charge is 2.34. The molecule has 0 aromatic heterocycles. The summed E-state index contributed by atoms with van der Waals surface area (Å²) in [7, 11) is 0. The van der Waals surface area contributed by atoms with Crippen LogP contribution in [-0.2, 0) is 16.0 Å². The van der Waals surface area contributed by atoms with Gasteiger partial charge in [0.1, 0.15) is 6.10 Å². The van der Waals surface area contributed by atoms with Crippen molar-refractivity contribution in [3.8, 4) is 0 Å². The number of rotatable bonds is 3. The summed E-state index contributed by atoms with van der Waals surface area (Å²) in [4.78, 5) is 14.7. The number of halogens is 1. The van der Waals surface area contributed by atoms with Gasteiger partial charge in [-0.2, -0.15) is 0 Å². The van der Waals surface area contributed by atoms with Gasteiger partial charge in [0.15, 0.2) is 0 Å². The monoisotopic (exact) mass is 324 g/mol. The molecule has 2 heterocycles. The number of piperazine rings is 1. The van der Waals surface area contributed by atoms with Crippen LogP contribution in [0.3, 0.4) is 0 Å². The van der Waals surface area contributed by atoms with Crippen LogP contribution >= 0.6 is 12.4 Å². The predicted octanol–water partition coefficient (Wildman–Crippen LogP) is 2.32. The van der Waals surface area contributed by atoms with Crippen molar-refractivity contribution >= 4 is 18.3 Å². The highest BCUT2D eigenvalue weighted by molar-refractivity contribution is 5.85. The Morgan fingerprint density at radius 3 is 2.77 bits per heavy atom. The average Bonchev–Trinajstić information content (AvgIpc) is 3.09. The summed E-state index contributed by atoms with van der Waals surface area (Å²) in [5.41, 5.74) is 2.55. The van der Waals surface area contributed by atoms with Crippen LogP contribution in [0.5, 0.6) is 0 Å². The maximum Gasteiger partial charge on any atom is 0.252 e. The van der Waals surface area contributed by atoms with E-state index in [0.717, 1.165) is 45.5 Å². The number of carbonyl (C=O) groups is 1. The molecule has 1 aromatic rings. The van der Waals surface area contributed by atoms with Crippen molar-refractivity contribution in [2.75, 3.05) is 26.2 Å². The molecule has 2 unspecified atom stereocenters. The Kier molecular flexibility index (Phi) is 6.24. The predicted molar refractivity (Wildman–Crippen MR) is 89.4 cm³/mol. The molecule has 0 radical (unpaired) electrons. The fourth-order valence-electron chi connectivity index (χ4n) is 3.20. The van der Waals surface area contributed by atoms with Gasteiger partial charge in [-0.25, -0.2) is 0 Å². The first kappa shape index (κ1) is 17.3. The van der Waals surface area contributed by atoms with E-state index in [1.165, 1.54) is 11.1 Å². The molecule has 122 valence electrons. The van der Waals surface area contributed by atoms with Crippen molar-refractivity contribution in [3.05, 3.63) is 35.4 Å². The lowest BCUT2D eigenvalue weighted by atomic mass is 10.00. The Bertz CT molecular complexity index is 486. The summed E-state index contributed by atoms with van der Waals surface area (Å²) < 4.78 is 5.58. The lowest BCUT2D eigenvalue weighted by Gasteiger charge is -2.37. The Morgan fingerprint density at radius 1 is 1.36 bits per heavy atom. The van der Waals surface area contributed by atoms with Gasteiger partial charge in [0.05, 0.1) is 6.04 Å². The van der Waals surface area contributed by atoms with Crippen molar-refractivity contribution in [2.24, 2.45) is 0 Å². The number of carbonyl (C=O) groups excluding carboxylic acids is 1. The molecule has 4 nitrogen and oxygen atoms in total. The molecule has 2 aliphatic heterocycles. The second-order valence-electron chi connectivity index (χ2n) is 5.85. The highest BCUT2D eigenvalue weighted by Crippen LogP contribution is 2.26.